The summed E-state index contributed by atoms with van der Waals surface area (Å²) in [6, 6.07) is 7.58. The van der Waals surface area contributed by atoms with Crippen LogP contribution in [-0.2, 0) is 9.84 Å². The molecular formula is C21H21ClN4O3S. The van der Waals surface area contributed by atoms with Crippen LogP contribution in [0.15, 0.2) is 42.9 Å². The molecule has 2 aromatic heterocycles. The van der Waals surface area contributed by atoms with Crippen LogP contribution < -0.4 is 9.64 Å². The van der Waals surface area contributed by atoms with Crippen molar-refractivity contribution >= 4 is 27.3 Å². The number of ether oxygens (including phenoxy) is 1. The lowest BCUT2D eigenvalue weighted by molar-refractivity contribution is 0.414. The van der Waals surface area contributed by atoms with Crippen molar-refractivity contribution in [2.24, 2.45) is 0 Å². The van der Waals surface area contributed by atoms with E-state index >= 15 is 0 Å². The molecule has 156 valence electrons. The van der Waals surface area contributed by atoms with Crippen LogP contribution in [0.25, 0.3) is 22.5 Å². The van der Waals surface area contributed by atoms with Gasteiger partial charge in [-0.1, -0.05) is 11.6 Å². The van der Waals surface area contributed by atoms with Gasteiger partial charge in [0.1, 0.15) is 17.3 Å². The predicted octanol–water partition coefficient (Wildman–Crippen LogP) is 3.41. The van der Waals surface area contributed by atoms with Gasteiger partial charge in [-0.05, 0) is 36.8 Å². The van der Waals surface area contributed by atoms with E-state index in [4.69, 9.17) is 26.3 Å². The number of aromatic nitrogens is 3. The first kappa shape index (κ1) is 20.6. The number of hydrogen-bond acceptors (Lipinski definition) is 7. The fraction of sp³-hybridized carbons (Fsp3) is 0.286. The van der Waals surface area contributed by atoms with Crippen molar-refractivity contribution in [1.29, 1.82) is 0 Å². The minimum atomic E-state index is -2.99. The Morgan fingerprint density at radius 2 is 1.83 bits per heavy atom. The molecule has 30 heavy (non-hydrogen) atoms. The van der Waals surface area contributed by atoms with E-state index in [0.29, 0.717) is 35.3 Å². The van der Waals surface area contributed by atoms with Crippen LogP contribution in [0.5, 0.6) is 5.75 Å². The Labute approximate surface area is 180 Å². The summed E-state index contributed by atoms with van der Waals surface area (Å²) in [7, 11) is -1.36. The molecule has 0 aliphatic carbocycles. The Morgan fingerprint density at radius 1 is 1.07 bits per heavy atom. The van der Waals surface area contributed by atoms with E-state index in [1.54, 1.807) is 31.8 Å². The maximum Gasteiger partial charge on any atom is 0.153 e. The summed E-state index contributed by atoms with van der Waals surface area (Å²) in [5.41, 5.74) is 3.94. The summed E-state index contributed by atoms with van der Waals surface area (Å²) in [4.78, 5) is 15.6. The number of hydrogen-bond donors (Lipinski definition) is 0. The first-order valence-corrected chi connectivity index (χ1v) is 11.7. The molecule has 1 aliphatic heterocycles. The van der Waals surface area contributed by atoms with Crippen LogP contribution in [0.4, 0.5) is 5.82 Å². The molecule has 0 amide bonds. The number of halogens is 1. The number of pyridine rings is 1. The van der Waals surface area contributed by atoms with Crippen LogP contribution in [0.2, 0.25) is 5.02 Å². The summed E-state index contributed by atoms with van der Waals surface area (Å²) in [5, 5.41) is 0.470. The van der Waals surface area contributed by atoms with Gasteiger partial charge in [0.2, 0.25) is 0 Å². The molecule has 0 bridgehead atoms. The Hall–Kier alpha value is -2.71. The minimum absolute atomic E-state index is 0.110. The van der Waals surface area contributed by atoms with Gasteiger partial charge in [-0.15, -0.1) is 0 Å². The maximum absolute atomic E-state index is 11.8. The number of sulfone groups is 1. The summed E-state index contributed by atoms with van der Waals surface area (Å²) >= 11 is 6.44. The van der Waals surface area contributed by atoms with Crippen molar-refractivity contribution in [3.63, 3.8) is 0 Å². The van der Waals surface area contributed by atoms with Gasteiger partial charge in [-0.3, -0.25) is 9.97 Å². The number of aryl methyl sites for hydroxylation is 1. The van der Waals surface area contributed by atoms with Crippen LogP contribution in [0.1, 0.15) is 5.56 Å². The van der Waals surface area contributed by atoms with Crippen molar-refractivity contribution in [2.45, 2.75) is 6.92 Å². The van der Waals surface area contributed by atoms with Crippen LogP contribution in [-0.4, -0.2) is 55.1 Å². The standard InChI is InChI=1S/C21H21ClN4O3S/c1-14-11-15(29-2)3-4-16(14)20-21(17-5-6-23-12-18(17)22)25-19(13-24-20)26-7-9-30(27,28)10-8-26/h3-6,11-13H,7-10H2,1-2H3. The zero-order valence-corrected chi connectivity index (χ0v) is 18.2. The van der Waals surface area contributed by atoms with Gasteiger partial charge >= 0.3 is 0 Å². The average molecular weight is 445 g/mol. The van der Waals surface area contributed by atoms with Gasteiger partial charge < -0.3 is 9.64 Å². The van der Waals surface area contributed by atoms with Gasteiger partial charge in [0, 0.05) is 36.6 Å². The zero-order valence-electron chi connectivity index (χ0n) is 16.7. The highest BCUT2D eigenvalue weighted by Gasteiger charge is 2.24. The third kappa shape index (κ3) is 4.11. The Bertz CT molecular complexity index is 1190. The lowest BCUT2D eigenvalue weighted by Crippen LogP contribution is -2.40. The second kappa shape index (κ2) is 8.20. The number of rotatable bonds is 4. The molecule has 3 aromatic rings. The van der Waals surface area contributed by atoms with Crippen molar-refractivity contribution in [3.8, 4) is 28.3 Å². The molecule has 1 aliphatic rings. The molecule has 1 fully saturated rings. The number of nitrogens with zero attached hydrogens (tertiary/aromatic N) is 4. The lowest BCUT2D eigenvalue weighted by atomic mass is 10.0. The van der Waals surface area contributed by atoms with Gasteiger partial charge in [0.25, 0.3) is 0 Å². The molecule has 3 heterocycles. The van der Waals surface area contributed by atoms with Crippen LogP contribution in [0, 0.1) is 6.92 Å². The molecule has 0 atom stereocenters. The van der Waals surface area contributed by atoms with Crippen molar-refractivity contribution in [2.75, 3.05) is 36.6 Å². The fourth-order valence-electron chi connectivity index (χ4n) is 3.45. The zero-order chi connectivity index (χ0) is 21.3. The van der Waals surface area contributed by atoms with Gasteiger partial charge in [-0.25, -0.2) is 13.4 Å². The fourth-order valence-corrected chi connectivity index (χ4v) is 4.86. The summed E-state index contributed by atoms with van der Waals surface area (Å²) in [6.07, 6.45) is 4.92. The topological polar surface area (TPSA) is 85.3 Å². The van der Waals surface area contributed by atoms with E-state index in [-0.39, 0.29) is 11.5 Å². The highest BCUT2D eigenvalue weighted by atomic mass is 35.5. The Balaban J connectivity index is 1.84. The van der Waals surface area contributed by atoms with E-state index in [0.717, 1.165) is 22.4 Å². The number of methoxy groups -OCH3 is 1. The van der Waals surface area contributed by atoms with Gasteiger partial charge in [0.05, 0.1) is 35.5 Å². The van der Waals surface area contributed by atoms with Crippen molar-refractivity contribution < 1.29 is 13.2 Å². The minimum Gasteiger partial charge on any atom is -0.497 e. The van der Waals surface area contributed by atoms with E-state index in [1.807, 2.05) is 30.0 Å². The highest BCUT2D eigenvalue weighted by Crippen LogP contribution is 2.36. The third-order valence-corrected chi connectivity index (χ3v) is 7.05. The quantitative estimate of drug-likeness (QED) is 0.609. The molecule has 0 spiro atoms. The molecule has 9 heteroatoms. The molecular weight excluding hydrogens is 424 g/mol. The largest absolute Gasteiger partial charge is 0.497 e. The van der Waals surface area contributed by atoms with Crippen LogP contribution in [0.3, 0.4) is 0 Å². The molecule has 0 radical (unpaired) electrons. The highest BCUT2D eigenvalue weighted by molar-refractivity contribution is 7.91. The maximum atomic E-state index is 11.8. The first-order chi connectivity index (χ1) is 14.4. The first-order valence-electron chi connectivity index (χ1n) is 9.45. The summed E-state index contributed by atoms with van der Waals surface area (Å²) in [6.45, 7) is 2.77. The summed E-state index contributed by atoms with van der Waals surface area (Å²) < 4.78 is 28.9. The second-order valence-electron chi connectivity index (χ2n) is 7.10. The lowest BCUT2D eigenvalue weighted by Gasteiger charge is -2.28. The third-order valence-electron chi connectivity index (χ3n) is 5.14. The van der Waals surface area contributed by atoms with Crippen molar-refractivity contribution in [3.05, 3.63) is 53.4 Å². The molecule has 7 nitrogen and oxygen atoms in total. The van der Waals surface area contributed by atoms with E-state index < -0.39 is 9.84 Å². The molecule has 0 saturated carbocycles. The van der Waals surface area contributed by atoms with E-state index in [9.17, 15) is 8.42 Å². The van der Waals surface area contributed by atoms with Gasteiger partial charge in [0.15, 0.2) is 9.84 Å². The average Bonchev–Trinajstić information content (AvgIpc) is 2.74. The smallest absolute Gasteiger partial charge is 0.153 e. The SMILES string of the molecule is COc1ccc(-c2ncc(N3CCS(=O)(=O)CC3)nc2-c2ccncc2Cl)c(C)c1. The molecule has 4 rings (SSSR count). The number of anilines is 1. The molecule has 1 aromatic carbocycles. The normalized spacial score (nSPS) is 15.8. The number of benzene rings is 1. The molecule has 0 unspecified atom stereocenters. The van der Waals surface area contributed by atoms with Crippen molar-refractivity contribution in [1.82, 2.24) is 15.0 Å². The monoisotopic (exact) mass is 444 g/mol. The Morgan fingerprint density at radius 3 is 2.50 bits per heavy atom. The molecule has 1 saturated heterocycles. The van der Waals surface area contributed by atoms with Crippen LogP contribution >= 0.6 is 11.6 Å². The Kier molecular flexibility index (Phi) is 5.62. The predicted molar refractivity (Wildman–Crippen MR) is 118 cm³/mol. The second-order valence-corrected chi connectivity index (χ2v) is 9.81. The van der Waals surface area contributed by atoms with E-state index in [1.165, 1.54) is 0 Å². The molecule has 0 N–H and O–H groups in total. The summed E-state index contributed by atoms with van der Waals surface area (Å²) in [5.74, 6) is 1.61. The van der Waals surface area contributed by atoms with E-state index in [2.05, 4.69) is 4.98 Å². The van der Waals surface area contributed by atoms with Gasteiger partial charge in [-0.2, -0.15) is 0 Å².